The van der Waals surface area contributed by atoms with Crippen molar-refractivity contribution in [2.75, 3.05) is 17.2 Å². The van der Waals surface area contributed by atoms with Crippen molar-refractivity contribution in [2.24, 2.45) is 0 Å². The Morgan fingerprint density at radius 2 is 1.46 bits per heavy atom. The van der Waals surface area contributed by atoms with Gasteiger partial charge in [0.2, 0.25) is 5.91 Å². The van der Waals surface area contributed by atoms with Crippen LogP contribution in [0.25, 0.3) is 0 Å². The molecular formula is C25H21BrCl2N2O5. The highest BCUT2D eigenvalue weighted by atomic mass is 79.9. The summed E-state index contributed by atoms with van der Waals surface area (Å²) >= 11 is 15.3. The van der Waals surface area contributed by atoms with Crippen LogP contribution in [0.1, 0.15) is 18.4 Å². The molecule has 0 aliphatic heterocycles. The fraction of sp³-hybridized carbons (Fsp3) is 0.160. The molecular weight excluding hydrogens is 559 g/mol. The van der Waals surface area contributed by atoms with Gasteiger partial charge in [-0.3, -0.25) is 14.4 Å². The molecule has 0 aliphatic rings. The number of hydrogen-bond acceptors (Lipinski definition) is 5. The predicted octanol–water partition coefficient (Wildman–Crippen LogP) is 6.76. The Bertz CT molecular complexity index is 1220. The van der Waals surface area contributed by atoms with Crippen LogP contribution in [0.3, 0.4) is 0 Å². The van der Waals surface area contributed by atoms with Crippen molar-refractivity contribution < 1.29 is 23.9 Å². The fourth-order valence-electron chi connectivity index (χ4n) is 2.88. The van der Waals surface area contributed by atoms with E-state index < -0.39 is 18.5 Å². The van der Waals surface area contributed by atoms with Crippen LogP contribution in [0.5, 0.6) is 11.5 Å². The molecule has 3 aromatic carbocycles. The fourth-order valence-corrected chi connectivity index (χ4v) is 3.60. The maximum absolute atomic E-state index is 12.1. The predicted molar refractivity (Wildman–Crippen MR) is 139 cm³/mol. The standard InChI is InChI=1S/C25H21BrCl2N2O5/c1-15-21(11-10-20(26)25(15)28)30-23(32)14-34-24(33)13-12-22(31)29-17-4-8-19(9-5-17)35-18-6-2-16(27)3-7-18/h2-11H,12-14H2,1H3,(H,29,31)(H,30,32). The maximum Gasteiger partial charge on any atom is 0.306 e. The van der Waals surface area contributed by atoms with Crippen LogP contribution < -0.4 is 15.4 Å². The Hall–Kier alpha value is -3.07. The number of hydrogen-bond donors (Lipinski definition) is 2. The molecule has 0 spiro atoms. The third kappa shape index (κ3) is 8.28. The van der Waals surface area contributed by atoms with Gasteiger partial charge in [-0.1, -0.05) is 23.2 Å². The molecule has 0 aromatic heterocycles. The monoisotopic (exact) mass is 578 g/mol. The normalized spacial score (nSPS) is 10.4. The van der Waals surface area contributed by atoms with Crippen LogP contribution in [0.15, 0.2) is 65.1 Å². The summed E-state index contributed by atoms with van der Waals surface area (Å²) in [6.07, 6.45) is -0.259. The van der Waals surface area contributed by atoms with Crippen molar-refractivity contribution in [1.82, 2.24) is 0 Å². The molecule has 2 N–H and O–H groups in total. The molecule has 0 atom stereocenters. The lowest BCUT2D eigenvalue weighted by Crippen LogP contribution is -2.22. The zero-order valence-corrected chi connectivity index (χ0v) is 21.7. The summed E-state index contributed by atoms with van der Waals surface area (Å²) < 4.78 is 11.4. The Morgan fingerprint density at radius 1 is 0.829 bits per heavy atom. The second-order valence-electron chi connectivity index (χ2n) is 7.37. The molecule has 0 radical (unpaired) electrons. The lowest BCUT2D eigenvalue weighted by molar-refractivity contribution is -0.147. The van der Waals surface area contributed by atoms with Gasteiger partial charge in [0.15, 0.2) is 6.61 Å². The summed E-state index contributed by atoms with van der Waals surface area (Å²) in [5.41, 5.74) is 1.75. The van der Waals surface area contributed by atoms with Crippen LogP contribution in [-0.2, 0) is 19.1 Å². The van der Waals surface area contributed by atoms with Crippen LogP contribution in [0.2, 0.25) is 10.0 Å². The minimum absolute atomic E-state index is 0.0924. The highest BCUT2D eigenvalue weighted by Crippen LogP contribution is 2.31. The number of carbonyl (C=O) groups excluding carboxylic acids is 3. The van der Waals surface area contributed by atoms with E-state index in [1.54, 1.807) is 67.6 Å². The summed E-state index contributed by atoms with van der Waals surface area (Å²) in [5.74, 6) is -0.308. The summed E-state index contributed by atoms with van der Waals surface area (Å²) in [6, 6.07) is 17.1. The number of ether oxygens (including phenoxy) is 2. The second kappa shape index (κ2) is 12.6. The van der Waals surface area contributed by atoms with Gasteiger partial charge < -0.3 is 20.1 Å². The van der Waals surface area contributed by atoms with E-state index in [-0.39, 0.29) is 18.7 Å². The van der Waals surface area contributed by atoms with Crippen molar-refractivity contribution in [3.63, 3.8) is 0 Å². The SMILES string of the molecule is Cc1c(NC(=O)COC(=O)CCC(=O)Nc2ccc(Oc3ccc(Cl)cc3)cc2)ccc(Br)c1Cl. The molecule has 0 saturated carbocycles. The third-order valence-corrected chi connectivity index (χ3v) is 6.35. The van der Waals surface area contributed by atoms with Crippen LogP contribution in [0, 0.1) is 6.92 Å². The number of esters is 1. The van der Waals surface area contributed by atoms with E-state index in [1.165, 1.54) is 0 Å². The van der Waals surface area contributed by atoms with E-state index in [0.29, 0.717) is 43.0 Å². The second-order valence-corrected chi connectivity index (χ2v) is 9.04. The Morgan fingerprint density at radius 3 is 2.11 bits per heavy atom. The summed E-state index contributed by atoms with van der Waals surface area (Å²) in [5, 5.41) is 6.43. The molecule has 35 heavy (non-hydrogen) atoms. The first-order valence-corrected chi connectivity index (χ1v) is 12.0. The van der Waals surface area contributed by atoms with Gasteiger partial charge in [0.25, 0.3) is 5.91 Å². The van der Waals surface area contributed by atoms with E-state index in [9.17, 15) is 14.4 Å². The summed E-state index contributed by atoms with van der Waals surface area (Å²) in [6.45, 7) is 1.29. The minimum atomic E-state index is -0.660. The zero-order valence-electron chi connectivity index (χ0n) is 18.6. The van der Waals surface area contributed by atoms with Crippen molar-refractivity contribution in [1.29, 1.82) is 0 Å². The first kappa shape index (κ1) is 26.5. The van der Waals surface area contributed by atoms with Gasteiger partial charge in [0.1, 0.15) is 11.5 Å². The highest BCUT2D eigenvalue weighted by molar-refractivity contribution is 9.10. The number of carbonyl (C=O) groups is 3. The quantitative estimate of drug-likeness (QED) is 0.273. The molecule has 3 rings (SSSR count). The molecule has 10 heteroatoms. The van der Waals surface area contributed by atoms with Gasteiger partial charge in [-0.05, 0) is 89.1 Å². The minimum Gasteiger partial charge on any atom is -0.457 e. The van der Waals surface area contributed by atoms with E-state index in [2.05, 4.69) is 26.6 Å². The molecule has 182 valence electrons. The number of rotatable bonds is 9. The summed E-state index contributed by atoms with van der Waals surface area (Å²) in [7, 11) is 0. The first-order valence-electron chi connectivity index (χ1n) is 10.4. The number of benzene rings is 3. The van der Waals surface area contributed by atoms with Crippen LogP contribution in [0.4, 0.5) is 11.4 Å². The van der Waals surface area contributed by atoms with E-state index in [4.69, 9.17) is 32.7 Å². The van der Waals surface area contributed by atoms with Crippen molar-refractivity contribution in [2.45, 2.75) is 19.8 Å². The smallest absolute Gasteiger partial charge is 0.306 e. The Balaban J connectivity index is 1.38. The number of anilines is 2. The van der Waals surface area contributed by atoms with Gasteiger partial charge in [-0.2, -0.15) is 0 Å². The average Bonchev–Trinajstić information content (AvgIpc) is 2.84. The Kier molecular flexibility index (Phi) is 9.54. The molecule has 3 aromatic rings. The largest absolute Gasteiger partial charge is 0.457 e. The van der Waals surface area contributed by atoms with Crippen LogP contribution in [-0.4, -0.2) is 24.4 Å². The molecule has 2 amide bonds. The number of amides is 2. The van der Waals surface area contributed by atoms with Gasteiger partial charge in [0, 0.05) is 27.3 Å². The van der Waals surface area contributed by atoms with Gasteiger partial charge in [-0.15, -0.1) is 0 Å². The lowest BCUT2D eigenvalue weighted by Gasteiger charge is -2.11. The summed E-state index contributed by atoms with van der Waals surface area (Å²) in [4.78, 5) is 36.1. The number of nitrogens with one attached hydrogen (secondary N) is 2. The zero-order chi connectivity index (χ0) is 25.4. The average molecular weight is 580 g/mol. The molecule has 0 bridgehead atoms. The van der Waals surface area contributed by atoms with Gasteiger partial charge in [0.05, 0.1) is 11.4 Å². The molecule has 0 saturated heterocycles. The molecule has 7 nitrogen and oxygen atoms in total. The topological polar surface area (TPSA) is 93.7 Å². The molecule has 0 unspecified atom stereocenters. The van der Waals surface area contributed by atoms with Crippen molar-refractivity contribution in [3.05, 3.63) is 80.7 Å². The molecule has 0 fully saturated rings. The maximum atomic E-state index is 12.1. The van der Waals surface area contributed by atoms with Gasteiger partial charge in [-0.25, -0.2) is 0 Å². The van der Waals surface area contributed by atoms with Crippen molar-refractivity contribution >= 4 is 68.3 Å². The highest BCUT2D eigenvalue weighted by Gasteiger charge is 2.13. The van der Waals surface area contributed by atoms with E-state index in [1.807, 2.05) is 0 Å². The van der Waals surface area contributed by atoms with E-state index in [0.717, 1.165) is 0 Å². The van der Waals surface area contributed by atoms with Gasteiger partial charge >= 0.3 is 5.97 Å². The Labute approximate surface area is 220 Å². The van der Waals surface area contributed by atoms with Crippen LogP contribution >= 0.6 is 39.1 Å². The van der Waals surface area contributed by atoms with E-state index >= 15 is 0 Å². The van der Waals surface area contributed by atoms with Crippen molar-refractivity contribution in [3.8, 4) is 11.5 Å². The first-order chi connectivity index (χ1) is 16.7. The number of halogens is 3. The lowest BCUT2D eigenvalue weighted by atomic mass is 10.2. The molecule has 0 aliphatic carbocycles. The third-order valence-electron chi connectivity index (χ3n) is 4.72. The molecule has 0 heterocycles.